The summed E-state index contributed by atoms with van der Waals surface area (Å²) in [5.41, 5.74) is 7.88. The number of ether oxygens (including phenoxy) is 1. The first kappa shape index (κ1) is 13.1. The Morgan fingerprint density at radius 1 is 1.40 bits per heavy atom. The van der Waals surface area contributed by atoms with Gasteiger partial charge in [-0.2, -0.15) is 0 Å². The van der Waals surface area contributed by atoms with Gasteiger partial charge in [0.1, 0.15) is 11.6 Å². The third-order valence-electron chi connectivity index (χ3n) is 3.12. The highest BCUT2D eigenvalue weighted by Gasteiger charge is 2.11. The van der Waals surface area contributed by atoms with Crippen molar-refractivity contribution in [3.05, 3.63) is 45.7 Å². The van der Waals surface area contributed by atoms with E-state index in [1.165, 1.54) is 29.0 Å². The standard InChI is InChI=1S/C14H15N3O2S/c15-12-8-13(18)17-14(16-12)20-6-4-9-1-2-11-10(7-9)3-5-19-11/h1-2,7-8H,3-6H2,(H3,15,16,17,18). The summed E-state index contributed by atoms with van der Waals surface area (Å²) in [4.78, 5) is 18.0. The van der Waals surface area contributed by atoms with Crippen molar-refractivity contribution in [2.24, 2.45) is 0 Å². The molecule has 0 saturated carbocycles. The number of benzene rings is 1. The van der Waals surface area contributed by atoms with Gasteiger partial charge in [0, 0.05) is 18.2 Å². The Kier molecular flexibility index (Phi) is 3.64. The Bertz CT molecular complexity index is 684. The largest absolute Gasteiger partial charge is 0.493 e. The van der Waals surface area contributed by atoms with E-state index in [1.807, 2.05) is 6.07 Å². The highest BCUT2D eigenvalue weighted by Crippen LogP contribution is 2.26. The number of nitrogen functional groups attached to an aromatic ring is 1. The van der Waals surface area contributed by atoms with Crippen LogP contribution in [0.4, 0.5) is 5.82 Å². The topological polar surface area (TPSA) is 81.0 Å². The minimum absolute atomic E-state index is 0.213. The molecule has 20 heavy (non-hydrogen) atoms. The molecule has 0 saturated heterocycles. The average molecular weight is 289 g/mol. The zero-order valence-corrected chi connectivity index (χ0v) is 11.7. The van der Waals surface area contributed by atoms with Gasteiger partial charge < -0.3 is 15.5 Å². The lowest BCUT2D eigenvalue weighted by atomic mass is 10.1. The summed E-state index contributed by atoms with van der Waals surface area (Å²) in [6, 6.07) is 7.59. The molecule has 0 aliphatic carbocycles. The normalized spacial score (nSPS) is 13.0. The fourth-order valence-electron chi connectivity index (χ4n) is 2.18. The Hall–Kier alpha value is -1.95. The lowest BCUT2D eigenvalue weighted by Crippen LogP contribution is -2.09. The first-order chi connectivity index (χ1) is 9.70. The van der Waals surface area contributed by atoms with Gasteiger partial charge >= 0.3 is 0 Å². The molecule has 6 heteroatoms. The molecule has 0 radical (unpaired) electrons. The van der Waals surface area contributed by atoms with Crippen molar-refractivity contribution in [1.82, 2.24) is 9.97 Å². The van der Waals surface area contributed by atoms with Gasteiger partial charge in [-0.05, 0) is 23.6 Å². The van der Waals surface area contributed by atoms with Crippen molar-refractivity contribution < 1.29 is 4.74 Å². The van der Waals surface area contributed by atoms with Gasteiger partial charge in [-0.3, -0.25) is 4.79 Å². The molecule has 1 aliphatic rings. The zero-order chi connectivity index (χ0) is 13.9. The molecule has 0 amide bonds. The van der Waals surface area contributed by atoms with Crippen molar-refractivity contribution in [2.45, 2.75) is 18.0 Å². The summed E-state index contributed by atoms with van der Waals surface area (Å²) < 4.78 is 5.48. The molecule has 1 aromatic carbocycles. The second kappa shape index (κ2) is 5.58. The van der Waals surface area contributed by atoms with Crippen LogP contribution in [0.15, 0.2) is 34.2 Å². The van der Waals surface area contributed by atoms with E-state index in [1.54, 1.807) is 0 Å². The van der Waals surface area contributed by atoms with E-state index in [-0.39, 0.29) is 11.4 Å². The third-order valence-corrected chi connectivity index (χ3v) is 4.00. The monoisotopic (exact) mass is 289 g/mol. The van der Waals surface area contributed by atoms with Gasteiger partial charge in [-0.1, -0.05) is 23.9 Å². The summed E-state index contributed by atoms with van der Waals surface area (Å²) in [6.07, 6.45) is 1.90. The van der Waals surface area contributed by atoms with E-state index in [4.69, 9.17) is 10.5 Å². The Balaban J connectivity index is 1.61. The van der Waals surface area contributed by atoms with E-state index < -0.39 is 0 Å². The number of aromatic amines is 1. The number of thioether (sulfide) groups is 1. The highest BCUT2D eigenvalue weighted by molar-refractivity contribution is 7.99. The van der Waals surface area contributed by atoms with Crippen molar-refractivity contribution in [1.29, 1.82) is 0 Å². The molecule has 104 valence electrons. The van der Waals surface area contributed by atoms with Crippen LogP contribution in [0.1, 0.15) is 11.1 Å². The molecule has 3 rings (SSSR count). The van der Waals surface area contributed by atoms with E-state index in [9.17, 15) is 4.79 Å². The maximum atomic E-state index is 11.3. The molecular formula is C14H15N3O2S. The van der Waals surface area contributed by atoms with Crippen molar-refractivity contribution >= 4 is 17.6 Å². The second-order valence-corrected chi connectivity index (χ2v) is 5.70. The first-order valence-corrected chi connectivity index (χ1v) is 7.43. The van der Waals surface area contributed by atoms with Gasteiger partial charge in [-0.25, -0.2) is 4.98 Å². The van der Waals surface area contributed by atoms with Crippen molar-refractivity contribution in [3.63, 3.8) is 0 Å². The Morgan fingerprint density at radius 2 is 2.30 bits per heavy atom. The number of nitrogens with one attached hydrogen (secondary N) is 1. The lowest BCUT2D eigenvalue weighted by Gasteiger charge is -2.04. The smallest absolute Gasteiger partial charge is 0.253 e. The first-order valence-electron chi connectivity index (χ1n) is 6.45. The number of H-pyrrole nitrogens is 1. The predicted molar refractivity (Wildman–Crippen MR) is 79.3 cm³/mol. The number of rotatable bonds is 4. The number of nitrogens with two attached hydrogens (primary N) is 1. The van der Waals surface area contributed by atoms with E-state index in [2.05, 4.69) is 22.1 Å². The minimum atomic E-state index is -0.213. The average Bonchev–Trinajstić information content (AvgIpc) is 2.85. The number of hydrogen-bond acceptors (Lipinski definition) is 5. The van der Waals surface area contributed by atoms with Crippen LogP contribution < -0.4 is 16.0 Å². The van der Waals surface area contributed by atoms with Crippen LogP contribution in [0.2, 0.25) is 0 Å². The maximum Gasteiger partial charge on any atom is 0.253 e. The summed E-state index contributed by atoms with van der Waals surface area (Å²) in [5.74, 6) is 2.10. The predicted octanol–water partition coefficient (Wildman–Crippen LogP) is 1.62. The quantitative estimate of drug-likeness (QED) is 0.660. The van der Waals surface area contributed by atoms with Crippen LogP contribution in [-0.4, -0.2) is 22.3 Å². The SMILES string of the molecule is Nc1cc(=O)[nH]c(SCCc2ccc3c(c2)CCO3)n1. The van der Waals surface area contributed by atoms with Crippen LogP contribution in [0, 0.1) is 0 Å². The highest BCUT2D eigenvalue weighted by atomic mass is 32.2. The number of aryl methyl sites for hydroxylation is 1. The fourth-order valence-corrected chi connectivity index (χ4v) is 3.06. The van der Waals surface area contributed by atoms with Crippen LogP contribution in [0.5, 0.6) is 5.75 Å². The molecular weight excluding hydrogens is 274 g/mol. The minimum Gasteiger partial charge on any atom is -0.493 e. The van der Waals surface area contributed by atoms with Crippen LogP contribution in [0.3, 0.4) is 0 Å². The van der Waals surface area contributed by atoms with Crippen LogP contribution >= 0.6 is 11.8 Å². The lowest BCUT2D eigenvalue weighted by molar-refractivity contribution is 0.357. The Labute approximate surface area is 120 Å². The molecule has 3 N–H and O–H groups in total. The van der Waals surface area contributed by atoms with Crippen LogP contribution in [0.25, 0.3) is 0 Å². The fraction of sp³-hybridized carbons (Fsp3) is 0.286. The summed E-state index contributed by atoms with van der Waals surface area (Å²) in [7, 11) is 0. The van der Waals surface area contributed by atoms with Gasteiger partial charge in [0.2, 0.25) is 0 Å². The van der Waals surface area contributed by atoms with Gasteiger partial charge in [0.25, 0.3) is 5.56 Å². The molecule has 2 aromatic rings. The van der Waals surface area contributed by atoms with Crippen LogP contribution in [-0.2, 0) is 12.8 Å². The van der Waals surface area contributed by atoms with Crippen molar-refractivity contribution in [2.75, 3.05) is 18.1 Å². The maximum absolute atomic E-state index is 11.3. The number of hydrogen-bond donors (Lipinski definition) is 2. The number of anilines is 1. The molecule has 5 nitrogen and oxygen atoms in total. The van der Waals surface area contributed by atoms with Gasteiger partial charge in [-0.15, -0.1) is 0 Å². The molecule has 1 aromatic heterocycles. The number of aromatic nitrogens is 2. The summed E-state index contributed by atoms with van der Waals surface area (Å²) in [6.45, 7) is 0.780. The number of fused-ring (bicyclic) bond motifs is 1. The van der Waals surface area contributed by atoms with E-state index >= 15 is 0 Å². The molecule has 0 unspecified atom stereocenters. The molecule has 0 fully saturated rings. The zero-order valence-electron chi connectivity index (χ0n) is 10.9. The molecule has 1 aliphatic heterocycles. The second-order valence-electron chi connectivity index (χ2n) is 4.61. The number of nitrogens with zero attached hydrogens (tertiary/aromatic N) is 1. The Morgan fingerprint density at radius 3 is 3.15 bits per heavy atom. The molecule has 2 heterocycles. The van der Waals surface area contributed by atoms with E-state index in [0.717, 1.165) is 31.0 Å². The third kappa shape index (κ3) is 2.96. The molecule has 0 bridgehead atoms. The molecule has 0 atom stereocenters. The van der Waals surface area contributed by atoms with Crippen molar-refractivity contribution in [3.8, 4) is 5.75 Å². The summed E-state index contributed by atoms with van der Waals surface area (Å²) >= 11 is 1.50. The van der Waals surface area contributed by atoms with Gasteiger partial charge in [0.15, 0.2) is 5.16 Å². The van der Waals surface area contributed by atoms with Gasteiger partial charge in [0.05, 0.1) is 6.61 Å². The molecule has 0 spiro atoms. The van der Waals surface area contributed by atoms with E-state index in [0.29, 0.717) is 5.16 Å². The summed E-state index contributed by atoms with van der Waals surface area (Å²) in [5, 5.41) is 0.569.